The van der Waals surface area contributed by atoms with Gasteiger partial charge in [0, 0.05) is 35.3 Å². The molecule has 174 valence electrons. The van der Waals surface area contributed by atoms with Crippen LogP contribution in [0.2, 0.25) is 5.02 Å². The van der Waals surface area contributed by atoms with Crippen LogP contribution >= 0.6 is 11.6 Å². The molecule has 7 nitrogen and oxygen atoms in total. The van der Waals surface area contributed by atoms with Crippen molar-refractivity contribution in [3.8, 4) is 28.3 Å². The van der Waals surface area contributed by atoms with Crippen LogP contribution < -0.4 is 4.74 Å². The lowest BCUT2D eigenvalue weighted by atomic mass is 10.1. The zero-order chi connectivity index (χ0) is 23.8. The van der Waals surface area contributed by atoms with E-state index in [-0.39, 0.29) is 18.1 Å². The maximum Gasteiger partial charge on any atom is 0.272 e. The molecule has 0 bridgehead atoms. The van der Waals surface area contributed by atoms with E-state index in [0.717, 1.165) is 11.1 Å². The van der Waals surface area contributed by atoms with Gasteiger partial charge >= 0.3 is 0 Å². The molecule has 0 N–H and O–H groups in total. The summed E-state index contributed by atoms with van der Waals surface area (Å²) in [5.41, 5.74) is 4.06. The molecule has 2 unspecified atom stereocenters. The van der Waals surface area contributed by atoms with Crippen LogP contribution in [0, 0.1) is 0 Å². The number of amides is 1. The standard InChI is InChI=1S/C26H25ClN4O3/c1-16-14-30(15-17(2)34-16)26(32)23-12-22(20-6-4-5-7-24(20)33-3)28-25-13-21(29-31(23)25)18-8-10-19(27)11-9-18/h4-13,16-17H,14-15H2,1-3H3. The lowest BCUT2D eigenvalue weighted by molar-refractivity contribution is -0.0588. The van der Waals surface area contributed by atoms with E-state index < -0.39 is 0 Å². The van der Waals surface area contributed by atoms with E-state index in [1.54, 1.807) is 17.7 Å². The fourth-order valence-corrected chi connectivity index (χ4v) is 4.51. The second-order valence-corrected chi connectivity index (χ2v) is 8.94. The number of rotatable bonds is 4. The van der Waals surface area contributed by atoms with Gasteiger partial charge in [0.1, 0.15) is 11.4 Å². The summed E-state index contributed by atoms with van der Waals surface area (Å²) in [5, 5.41) is 5.39. The first-order valence-corrected chi connectivity index (χ1v) is 11.6. The number of aromatic nitrogens is 3. The van der Waals surface area contributed by atoms with E-state index in [2.05, 4.69) is 0 Å². The number of nitrogens with zero attached hydrogens (tertiary/aromatic N) is 4. The number of ether oxygens (including phenoxy) is 2. The van der Waals surface area contributed by atoms with E-state index in [9.17, 15) is 4.79 Å². The fraction of sp³-hybridized carbons (Fsp3) is 0.269. The number of methoxy groups -OCH3 is 1. The molecule has 2 aromatic carbocycles. The number of fused-ring (bicyclic) bond motifs is 1. The predicted molar refractivity (Wildman–Crippen MR) is 131 cm³/mol. The summed E-state index contributed by atoms with van der Waals surface area (Å²) in [6.07, 6.45) is -0.0815. The molecule has 1 amide bonds. The number of benzene rings is 2. The molecule has 1 aliphatic heterocycles. The molecule has 0 saturated carbocycles. The predicted octanol–water partition coefficient (Wildman–Crippen LogP) is 4.97. The molecular formula is C26H25ClN4O3. The Labute approximate surface area is 202 Å². The van der Waals surface area contributed by atoms with Crippen molar-refractivity contribution in [1.82, 2.24) is 19.5 Å². The SMILES string of the molecule is COc1ccccc1-c1cc(C(=O)N2CC(C)OC(C)C2)n2nc(-c3ccc(Cl)cc3)cc2n1. The number of carbonyl (C=O) groups excluding carboxylic acids is 1. The van der Waals surface area contributed by atoms with Gasteiger partial charge in [0.15, 0.2) is 5.65 Å². The number of halogens is 1. The molecule has 4 aromatic rings. The van der Waals surface area contributed by atoms with Crippen LogP contribution in [-0.2, 0) is 4.74 Å². The number of hydrogen-bond acceptors (Lipinski definition) is 5. The smallest absolute Gasteiger partial charge is 0.272 e. The van der Waals surface area contributed by atoms with Crippen molar-refractivity contribution in [2.24, 2.45) is 0 Å². The van der Waals surface area contributed by atoms with Crippen molar-refractivity contribution in [3.63, 3.8) is 0 Å². The van der Waals surface area contributed by atoms with Crippen LogP contribution in [0.4, 0.5) is 0 Å². The molecule has 2 atom stereocenters. The Morgan fingerprint density at radius 1 is 1.03 bits per heavy atom. The average molecular weight is 477 g/mol. The van der Waals surface area contributed by atoms with Gasteiger partial charge in [0.25, 0.3) is 5.91 Å². The highest BCUT2D eigenvalue weighted by atomic mass is 35.5. The minimum atomic E-state index is -0.115. The van der Waals surface area contributed by atoms with Crippen LogP contribution in [0.5, 0.6) is 5.75 Å². The Kier molecular flexibility index (Phi) is 5.98. The third-order valence-electron chi connectivity index (χ3n) is 5.88. The summed E-state index contributed by atoms with van der Waals surface area (Å²) < 4.78 is 13.0. The molecular weight excluding hydrogens is 452 g/mol. The molecule has 1 fully saturated rings. The summed E-state index contributed by atoms with van der Waals surface area (Å²) in [7, 11) is 1.62. The first-order chi connectivity index (χ1) is 16.4. The lowest BCUT2D eigenvalue weighted by Crippen LogP contribution is -2.48. The molecule has 0 radical (unpaired) electrons. The second kappa shape index (κ2) is 9.08. The maximum atomic E-state index is 13.8. The molecule has 1 saturated heterocycles. The summed E-state index contributed by atoms with van der Waals surface area (Å²) >= 11 is 6.06. The summed E-state index contributed by atoms with van der Waals surface area (Å²) in [4.78, 5) is 20.4. The van der Waals surface area contributed by atoms with Gasteiger partial charge in [0.2, 0.25) is 0 Å². The summed E-state index contributed by atoms with van der Waals surface area (Å²) in [6.45, 7) is 4.99. The van der Waals surface area contributed by atoms with Crippen molar-refractivity contribution in [2.45, 2.75) is 26.1 Å². The van der Waals surface area contributed by atoms with Crippen molar-refractivity contribution in [3.05, 3.63) is 71.4 Å². The molecule has 0 spiro atoms. The Bertz CT molecular complexity index is 1340. The van der Waals surface area contributed by atoms with Gasteiger partial charge in [-0.25, -0.2) is 9.50 Å². The average Bonchev–Trinajstić information content (AvgIpc) is 3.27. The van der Waals surface area contributed by atoms with Gasteiger partial charge in [-0.15, -0.1) is 0 Å². The summed E-state index contributed by atoms with van der Waals surface area (Å²) in [6, 6.07) is 18.7. The molecule has 8 heteroatoms. The highest BCUT2D eigenvalue weighted by Gasteiger charge is 2.29. The van der Waals surface area contributed by atoms with Crippen LogP contribution in [0.1, 0.15) is 24.3 Å². The normalized spacial score (nSPS) is 18.3. The molecule has 0 aliphatic carbocycles. The third-order valence-corrected chi connectivity index (χ3v) is 6.13. The van der Waals surface area contributed by atoms with Crippen molar-refractivity contribution < 1.29 is 14.3 Å². The molecule has 5 rings (SSSR count). The molecule has 2 aromatic heterocycles. The Hall–Kier alpha value is -3.42. The zero-order valence-corrected chi connectivity index (χ0v) is 20.0. The number of morpholine rings is 1. The Morgan fingerprint density at radius 3 is 2.44 bits per heavy atom. The highest BCUT2D eigenvalue weighted by Crippen LogP contribution is 2.31. The maximum absolute atomic E-state index is 13.8. The minimum absolute atomic E-state index is 0.0408. The topological polar surface area (TPSA) is 69.0 Å². The first kappa shape index (κ1) is 22.4. The molecule has 34 heavy (non-hydrogen) atoms. The molecule has 3 heterocycles. The Balaban J connectivity index is 1.67. The quantitative estimate of drug-likeness (QED) is 0.415. The second-order valence-electron chi connectivity index (χ2n) is 8.50. The number of para-hydroxylation sites is 1. The summed E-state index contributed by atoms with van der Waals surface area (Å²) in [5.74, 6) is 0.570. The van der Waals surface area contributed by atoms with Gasteiger partial charge in [0.05, 0.1) is 30.7 Å². The van der Waals surface area contributed by atoms with E-state index in [1.165, 1.54) is 0 Å². The van der Waals surface area contributed by atoms with E-state index in [1.807, 2.05) is 73.3 Å². The largest absolute Gasteiger partial charge is 0.496 e. The van der Waals surface area contributed by atoms with E-state index in [0.29, 0.717) is 46.6 Å². The highest BCUT2D eigenvalue weighted by molar-refractivity contribution is 6.30. The molecule has 1 aliphatic rings. The van der Waals surface area contributed by atoms with E-state index in [4.69, 9.17) is 31.2 Å². The van der Waals surface area contributed by atoms with Gasteiger partial charge in [-0.1, -0.05) is 35.9 Å². The van der Waals surface area contributed by atoms with Gasteiger partial charge in [-0.3, -0.25) is 4.79 Å². The van der Waals surface area contributed by atoms with Gasteiger partial charge < -0.3 is 14.4 Å². The van der Waals surface area contributed by atoms with Crippen molar-refractivity contribution >= 4 is 23.2 Å². The van der Waals surface area contributed by atoms with Crippen LogP contribution in [0.25, 0.3) is 28.2 Å². The Morgan fingerprint density at radius 2 is 1.74 bits per heavy atom. The van der Waals surface area contributed by atoms with E-state index >= 15 is 0 Å². The van der Waals surface area contributed by atoms with Crippen LogP contribution in [-0.4, -0.2) is 57.8 Å². The van der Waals surface area contributed by atoms with Crippen molar-refractivity contribution in [2.75, 3.05) is 20.2 Å². The fourth-order valence-electron chi connectivity index (χ4n) is 4.39. The number of hydrogen-bond donors (Lipinski definition) is 0. The van der Waals surface area contributed by atoms with Gasteiger partial charge in [-0.05, 0) is 44.2 Å². The first-order valence-electron chi connectivity index (χ1n) is 11.2. The lowest BCUT2D eigenvalue weighted by Gasteiger charge is -2.35. The van der Waals surface area contributed by atoms with Gasteiger partial charge in [-0.2, -0.15) is 5.10 Å². The third kappa shape index (κ3) is 4.24. The number of carbonyl (C=O) groups is 1. The minimum Gasteiger partial charge on any atom is -0.496 e. The van der Waals surface area contributed by atoms with Crippen LogP contribution in [0.3, 0.4) is 0 Å². The van der Waals surface area contributed by atoms with Crippen molar-refractivity contribution in [1.29, 1.82) is 0 Å². The zero-order valence-electron chi connectivity index (χ0n) is 19.2. The monoisotopic (exact) mass is 476 g/mol. The van der Waals surface area contributed by atoms with Crippen LogP contribution in [0.15, 0.2) is 60.7 Å².